The van der Waals surface area contributed by atoms with Crippen LogP contribution in [0.15, 0.2) is 10.9 Å². The molecule has 0 unspecified atom stereocenters. The van der Waals surface area contributed by atoms with Crippen LogP contribution in [0.4, 0.5) is 0 Å². The lowest BCUT2D eigenvalue weighted by molar-refractivity contribution is 0.696. The largest absolute Gasteiger partial charge is 0.311 e. The predicted molar refractivity (Wildman–Crippen MR) is 48.3 cm³/mol. The lowest BCUT2D eigenvalue weighted by atomic mass is 10.1. The summed E-state index contributed by atoms with van der Waals surface area (Å²) in [7, 11) is 0. The molecule has 0 aliphatic carbocycles. The van der Waals surface area contributed by atoms with Crippen molar-refractivity contribution >= 4 is 0 Å². The Morgan fingerprint density at radius 2 is 2.33 bits per heavy atom. The lowest BCUT2D eigenvalue weighted by Crippen LogP contribution is -2.11. The number of hydrogen-bond donors (Lipinski definition) is 1. The first-order chi connectivity index (χ1) is 5.63. The summed E-state index contributed by atoms with van der Waals surface area (Å²) in [6.45, 7) is 5.96. The minimum atomic E-state index is -0.0576. The fraction of sp³-hybridized carbons (Fsp3) is 0.556. The van der Waals surface area contributed by atoms with Crippen LogP contribution in [0.1, 0.15) is 37.7 Å². The third kappa shape index (κ3) is 1.94. The molecule has 1 atom stereocenters. The molecular formula is C9H14N2O. The highest BCUT2D eigenvalue weighted by molar-refractivity contribution is 5.06. The number of nitrogens with zero attached hydrogens (tertiary/aromatic N) is 1. The van der Waals surface area contributed by atoms with E-state index in [1.807, 2.05) is 0 Å². The number of nitrogens with one attached hydrogen (secondary N) is 1. The molecule has 1 rings (SSSR count). The van der Waals surface area contributed by atoms with Gasteiger partial charge in [0.25, 0.3) is 5.56 Å². The fourth-order valence-corrected chi connectivity index (χ4v) is 1.06. The molecule has 0 radical (unpaired) electrons. The van der Waals surface area contributed by atoms with Gasteiger partial charge in [-0.3, -0.25) is 4.79 Å². The van der Waals surface area contributed by atoms with Gasteiger partial charge in [-0.25, -0.2) is 4.98 Å². The van der Waals surface area contributed by atoms with E-state index in [1.54, 1.807) is 13.0 Å². The molecule has 1 aromatic rings. The third-order valence-electron chi connectivity index (χ3n) is 2.00. The highest BCUT2D eigenvalue weighted by Gasteiger charge is 2.05. The van der Waals surface area contributed by atoms with E-state index in [0.29, 0.717) is 11.7 Å². The molecule has 1 aromatic heterocycles. The van der Waals surface area contributed by atoms with Crippen LogP contribution < -0.4 is 5.56 Å². The number of hydrogen-bond acceptors (Lipinski definition) is 2. The van der Waals surface area contributed by atoms with E-state index in [-0.39, 0.29) is 5.56 Å². The van der Waals surface area contributed by atoms with Gasteiger partial charge in [0, 0.05) is 6.07 Å². The Morgan fingerprint density at radius 3 is 2.83 bits per heavy atom. The average molecular weight is 166 g/mol. The van der Waals surface area contributed by atoms with Crippen LogP contribution in [0.2, 0.25) is 0 Å². The second kappa shape index (κ2) is 3.52. The number of aryl methyl sites for hydroxylation is 1. The number of aromatic nitrogens is 2. The molecule has 0 saturated heterocycles. The van der Waals surface area contributed by atoms with Crippen LogP contribution in [-0.4, -0.2) is 9.97 Å². The maximum absolute atomic E-state index is 11.0. The Bertz CT molecular complexity index is 317. The van der Waals surface area contributed by atoms with E-state index < -0.39 is 0 Å². The highest BCUT2D eigenvalue weighted by Crippen LogP contribution is 2.13. The summed E-state index contributed by atoms with van der Waals surface area (Å²) >= 11 is 0. The van der Waals surface area contributed by atoms with Crippen LogP contribution in [0.25, 0.3) is 0 Å². The van der Waals surface area contributed by atoms with Crippen LogP contribution >= 0.6 is 0 Å². The zero-order valence-corrected chi connectivity index (χ0v) is 7.72. The summed E-state index contributed by atoms with van der Waals surface area (Å²) in [5.74, 6) is 1.06. The zero-order chi connectivity index (χ0) is 9.14. The summed E-state index contributed by atoms with van der Waals surface area (Å²) in [4.78, 5) is 17.9. The van der Waals surface area contributed by atoms with Gasteiger partial charge in [0.2, 0.25) is 0 Å². The minimum Gasteiger partial charge on any atom is -0.311 e. The van der Waals surface area contributed by atoms with Gasteiger partial charge >= 0.3 is 0 Å². The molecule has 0 bridgehead atoms. The number of H-pyrrole nitrogens is 1. The summed E-state index contributed by atoms with van der Waals surface area (Å²) in [5, 5.41) is 0. The Labute approximate surface area is 71.9 Å². The normalized spacial score (nSPS) is 12.9. The molecule has 3 heteroatoms. The van der Waals surface area contributed by atoms with Crippen LogP contribution in [0.5, 0.6) is 0 Å². The maximum Gasteiger partial charge on any atom is 0.251 e. The average Bonchev–Trinajstić information content (AvgIpc) is 2.01. The van der Waals surface area contributed by atoms with Gasteiger partial charge < -0.3 is 4.98 Å². The number of aromatic amines is 1. The Hall–Kier alpha value is -1.12. The van der Waals surface area contributed by atoms with Crippen LogP contribution in [-0.2, 0) is 0 Å². The molecule has 0 aliphatic heterocycles. The summed E-state index contributed by atoms with van der Waals surface area (Å²) < 4.78 is 0. The smallest absolute Gasteiger partial charge is 0.251 e. The second-order valence-corrected chi connectivity index (χ2v) is 3.06. The molecule has 0 spiro atoms. The molecule has 0 aromatic carbocycles. The monoisotopic (exact) mass is 166 g/mol. The van der Waals surface area contributed by atoms with Gasteiger partial charge in [0.05, 0.1) is 5.69 Å². The van der Waals surface area contributed by atoms with Crippen molar-refractivity contribution in [3.05, 3.63) is 27.9 Å². The summed E-state index contributed by atoms with van der Waals surface area (Å²) in [6.07, 6.45) is 1.01. The second-order valence-electron chi connectivity index (χ2n) is 3.06. The van der Waals surface area contributed by atoms with Crippen molar-refractivity contribution in [3.63, 3.8) is 0 Å². The molecule has 0 amide bonds. The van der Waals surface area contributed by atoms with Crippen molar-refractivity contribution in [2.45, 2.75) is 33.1 Å². The van der Waals surface area contributed by atoms with E-state index in [0.717, 1.165) is 12.1 Å². The summed E-state index contributed by atoms with van der Waals surface area (Å²) in [6, 6.07) is 1.57. The van der Waals surface area contributed by atoms with Gasteiger partial charge in [0.15, 0.2) is 0 Å². The standard InChI is InChI=1S/C9H14N2O/c1-4-6(2)8-5-9(12)11-7(3)10-8/h5-6H,4H2,1-3H3,(H,10,11,12)/t6-/m0/s1. The molecule has 1 N–H and O–H groups in total. The van der Waals surface area contributed by atoms with Crippen molar-refractivity contribution in [1.82, 2.24) is 9.97 Å². The predicted octanol–water partition coefficient (Wildman–Crippen LogP) is 1.59. The molecule has 0 saturated carbocycles. The van der Waals surface area contributed by atoms with E-state index in [9.17, 15) is 4.79 Å². The van der Waals surface area contributed by atoms with Crippen molar-refractivity contribution < 1.29 is 0 Å². The quantitative estimate of drug-likeness (QED) is 0.725. The van der Waals surface area contributed by atoms with Crippen molar-refractivity contribution in [2.24, 2.45) is 0 Å². The molecule has 0 aliphatic rings. The molecular weight excluding hydrogens is 152 g/mol. The van der Waals surface area contributed by atoms with Gasteiger partial charge in [0.1, 0.15) is 5.82 Å². The van der Waals surface area contributed by atoms with Crippen LogP contribution in [0, 0.1) is 6.92 Å². The Kier molecular flexibility index (Phi) is 2.63. The molecule has 3 nitrogen and oxygen atoms in total. The van der Waals surface area contributed by atoms with E-state index in [2.05, 4.69) is 23.8 Å². The van der Waals surface area contributed by atoms with Crippen molar-refractivity contribution in [3.8, 4) is 0 Å². The first kappa shape index (κ1) is 8.97. The van der Waals surface area contributed by atoms with Gasteiger partial charge in [-0.05, 0) is 19.3 Å². The van der Waals surface area contributed by atoms with Gasteiger partial charge in [-0.2, -0.15) is 0 Å². The van der Waals surface area contributed by atoms with Crippen LogP contribution in [0.3, 0.4) is 0 Å². The molecule has 0 fully saturated rings. The first-order valence-electron chi connectivity index (χ1n) is 4.21. The maximum atomic E-state index is 11.0. The Morgan fingerprint density at radius 1 is 1.67 bits per heavy atom. The number of rotatable bonds is 2. The highest BCUT2D eigenvalue weighted by atomic mass is 16.1. The topological polar surface area (TPSA) is 45.8 Å². The molecule has 12 heavy (non-hydrogen) atoms. The Balaban J connectivity index is 3.08. The van der Waals surface area contributed by atoms with Crippen molar-refractivity contribution in [2.75, 3.05) is 0 Å². The molecule has 1 heterocycles. The van der Waals surface area contributed by atoms with E-state index in [4.69, 9.17) is 0 Å². The minimum absolute atomic E-state index is 0.0576. The fourth-order valence-electron chi connectivity index (χ4n) is 1.06. The molecule has 66 valence electrons. The van der Waals surface area contributed by atoms with Crippen molar-refractivity contribution in [1.29, 1.82) is 0 Å². The summed E-state index contributed by atoms with van der Waals surface area (Å²) in [5.41, 5.74) is 0.830. The lowest BCUT2D eigenvalue weighted by Gasteiger charge is -2.06. The van der Waals surface area contributed by atoms with E-state index >= 15 is 0 Å². The SMILES string of the molecule is CC[C@H](C)c1cc(=O)[nH]c(C)n1. The third-order valence-corrected chi connectivity index (χ3v) is 2.00. The zero-order valence-electron chi connectivity index (χ0n) is 7.72. The van der Waals surface area contributed by atoms with Gasteiger partial charge in [-0.15, -0.1) is 0 Å². The van der Waals surface area contributed by atoms with E-state index in [1.165, 1.54) is 0 Å². The first-order valence-corrected chi connectivity index (χ1v) is 4.21. The van der Waals surface area contributed by atoms with Gasteiger partial charge in [-0.1, -0.05) is 13.8 Å².